The summed E-state index contributed by atoms with van der Waals surface area (Å²) in [6.45, 7) is 0. The fraction of sp³-hybridized carbons (Fsp3) is 0.100. The SMILES string of the molecule is CNc1ncnc2c1sc1ncccc12. The van der Waals surface area contributed by atoms with E-state index >= 15 is 0 Å². The number of nitrogens with one attached hydrogen (secondary N) is 1. The summed E-state index contributed by atoms with van der Waals surface area (Å²) in [5, 5.41) is 4.16. The molecule has 4 nitrogen and oxygen atoms in total. The molecule has 0 saturated carbocycles. The minimum Gasteiger partial charge on any atom is -0.372 e. The van der Waals surface area contributed by atoms with Crippen molar-refractivity contribution in [3.05, 3.63) is 24.7 Å². The summed E-state index contributed by atoms with van der Waals surface area (Å²) < 4.78 is 1.06. The quantitative estimate of drug-likeness (QED) is 0.678. The van der Waals surface area contributed by atoms with E-state index in [-0.39, 0.29) is 0 Å². The van der Waals surface area contributed by atoms with Crippen LogP contribution >= 0.6 is 11.3 Å². The van der Waals surface area contributed by atoms with Gasteiger partial charge >= 0.3 is 0 Å². The average molecular weight is 216 g/mol. The number of hydrogen-bond donors (Lipinski definition) is 1. The molecule has 74 valence electrons. The first kappa shape index (κ1) is 8.55. The topological polar surface area (TPSA) is 50.7 Å². The number of fused-ring (bicyclic) bond motifs is 3. The number of anilines is 1. The van der Waals surface area contributed by atoms with E-state index in [2.05, 4.69) is 20.3 Å². The van der Waals surface area contributed by atoms with Gasteiger partial charge in [-0.1, -0.05) is 0 Å². The third-order valence-electron chi connectivity index (χ3n) is 2.27. The van der Waals surface area contributed by atoms with Crippen LogP contribution in [0.15, 0.2) is 24.7 Å². The van der Waals surface area contributed by atoms with Crippen LogP contribution in [0.25, 0.3) is 20.4 Å². The lowest BCUT2D eigenvalue weighted by Crippen LogP contribution is -1.92. The van der Waals surface area contributed by atoms with Crippen molar-refractivity contribution in [2.75, 3.05) is 12.4 Å². The van der Waals surface area contributed by atoms with Gasteiger partial charge in [-0.15, -0.1) is 11.3 Å². The molecule has 0 unspecified atom stereocenters. The number of pyridine rings is 1. The number of rotatable bonds is 1. The first-order valence-corrected chi connectivity index (χ1v) is 5.38. The highest BCUT2D eigenvalue weighted by Crippen LogP contribution is 2.33. The minimum absolute atomic E-state index is 0.864. The Morgan fingerprint density at radius 1 is 1.27 bits per heavy atom. The van der Waals surface area contributed by atoms with Gasteiger partial charge in [0.2, 0.25) is 0 Å². The monoisotopic (exact) mass is 216 g/mol. The van der Waals surface area contributed by atoms with Crippen LogP contribution in [0.1, 0.15) is 0 Å². The van der Waals surface area contributed by atoms with E-state index in [0.717, 1.165) is 26.3 Å². The van der Waals surface area contributed by atoms with Crippen molar-refractivity contribution in [2.24, 2.45) is 0 Å². The van der Waals surface area contributed by atoms with E-state index in [1.807, 2.05) is 19.2 Å². The molecule has 3 aromatic heterocycles. The van der Waals surface area contributed by atoms with E-state index in [0.29, 0.717) is 0 Å². The zero-order valence-corrected chi connectivity index (χ0v) is 8.88. The lowest BCUT2D eigenvalue weighted by molar-refractivity contribution is 1.22. The fourth-order valence-corrected chi connectivity index (χ4v) is 2.68. The van der Waals surface area contributed by atoms with Crippen molar-refractivity contribution < 1.29 is 0 Å². The highest BCUT2D eigenvalue weighted by molar-refractivity contribution is 7.25. The summed E-state index contributed by atoms with van der Waals surface area (Å²) in [5.41, 5.74) is 0.974. The molecule has 5 heteroatoms. The lowest BCUT2D eigenvalue weighted by atomic mass is 10.3. The highest BCUT2D eigenvalue weighted by Gasteiger charge is 2.09. The van der Waals surface area contributed by atoms with Gasteiger partial charge in [0.05, 0.1) is 10.2 Å². The number of hydrogen-bond acceptors (Lipinski definition) is 5. The standard InChI is InChI=1S/C10H8N4S/c1-11-9-8-7(13-5-14-9)6-3-2-4-12-10(6)15-8/h2-5H,1H3,(H,11,13,14). The van der Waals surface area contributed by atoms with Crippen LogP contribution < -0.4 is 5.32 Å². The molecule has 1 N–H and O–H groups in total. The molecular weight excluding hydrogens is 208 g/mol. The number of aromatic nitrogens is 3. The van der Waals surface area contributed by atoms with Crippen LogP contribution in [-0.4, -0.2) is 22.0 Å². The van der Waals surface area contributed by atoms with Gasteiger partial charge in [-0.2, -0.15) is 0 Å². The van der Waals surface area contributed by atoms with Crippen LogP contribution in [0.2, 0.25) is 0 Å². The predicted octanol–water partition coefficient (Wildman–Crippen LogP) is 2.28. The molecule has 0 fully saturated rings. The lowest BCUT2D eigenvalue weighted by Gasteiger charge is -1.97. The Labute approximate surface area is 90.0 Å². The van der Waals surface area contributed by atoms with Gasteiger partial charge in [0.15, 0.2) is 0 Å². The second-order valence-corrected chi connectivity index (χ2v) is 4.11. The van der Waals surface area contributed by atoms with Crippen molar-refractivity contribution >= 4 is 37.6 Å². The first-order chi connectivity index (χ1) is 7.40. The molecular formula is C10H8N4S. The normalized spacial score (nSPS) is 11.0. The van der Waals surface area contributed by atoms with Crippen LogP contribution in [0.4, 0.5) is 5.82 Å². The third kappa shape index (κ3) is 1.16. The molecule has 0 spiro atoms. The summed E-state index contributed by atoms with van der Waals surface area (Å²) in [5.74, 6) is 0.864. The summed E-state index contributed by atoms with van der Waals surface area (Å²) >= 11 is 1.61. The third-order valence-corrected chi connectivity index (χ3v) is 3.38. The summed E-state index contributed by atoms with van der Waals surface area (Å²) in [6.07, 6.45) is 3.37. The van der Waals surface area contributed by atoms with Crippen LogP contribution in [0, 0.1) is 0 Å². The zero-order chi connectivity index (χ0) is 10.3. The van der Waals surface area contributed by atoms with Crippen molar-refractivity contribution in [2.45, 2.75) is 0 Å². The summed E-state index contributed by atoms with van der Waals surface area (Å²) in [7, 11) is 1.86. The second-order valence-electron chi connectivity index (χ2n) is 3.11. The first-order valence-electron chi connectivity index (χ1n) is 4.56. The van der Waals surface area contributed by atoms with E-state index in [1.165, 1.54) is 0 Å². The Balaban J connectivity index is 2.53. The molecule has 0 amide bonds. The van der Waals surface area contributed by atoms with Crippen LogP contribution in [0.5, 0.6) is 0 Å². The van der Waals surface area contributed by atoms with Crippen molar-refractivity contribution in [1.29, 1.82) is 0 Å². The Kier molecular flexibility index (Phi) is 1.78. The maximum atomic E-state index is 4.32. The predicted molar refractivity (Wildman–Crippen MR) is 62.3 cm³/mol. The molecule has 0 atom stereocenters. The second kappa shape index (κ2) is 3.13. The van der Waals surface area contributed by atoms with Gasteiger partial charge in [0.25, 0.3) is 0 Å². The molecule has 0 aliphatic rings. The Morgan fingerprint density at radius 3 is 3.07 bits per heavy atom. The Bertz CT molecular complexity index is 631. The zero-order valence-electron chi connectivity index (χ0n) is 8.06. The maximum Gasteiger partial charge on any atom is 0.147 e. The minimum atomic E-state index is 0.864. The molecule has 3 rings (SSSR count). The molecule has 15 heavy (non-hydrogen) atoms. The Morgan fingerprint density at radius 2 is 2.20 bits per heavy atom. The maximum absolute atomic E-state index is 4.32. The van der Waals surface area contributed by atoms with Crippen LogP contribution in [-0.2, 0) is 0 Å². The smallest absolute Gasteiger partial charge is 0.147 e. The molecule has 0 aliphatic heterocycles. The molecule has 3 heterocycles. The molecule has 3 aromatic rings. The molecule has 0 aromatic carbocycles. The molecule has 0 bridgehead atoms. The van der Waals surface area contributed by atoms with E-state index in [1.54, 1.807) is 23.9 Å². The van der Waals surface area contributed by atoms with Crippen molar-refractivity contribution in [3.63, 3.8) is 0 Å². The van der Waals surface area contributed by atoms with E-state index in [9.17, 15) is 0 Å². The Hall–Kier alpha value is -1.75. The van der Waals surface area contributed by atoms with Gasteiger partial charge in [0.1, 0.15) is 17.0 Å². The van der Waals surface area contributed by atoms with Gasteiger partial charge in [0, 0.05) is 18.6 Å². The van der Waals surface area contributed by atoms with E-state index in [4.69, 9.17) is 0 Å². The summed E-state index contributed by atoms with van der Waals surface area (Å²) in [4.78, 5) is 13.8. The molecule has 0 saturated heterocycles. The van der Waals surface area contributed by atoms with E-state index < -0.39 is 0 Å². The number of nitrogens with zero attached hydrogens (tertiary/aromatic N) is 3. The van der Waals surface area contributed by atoms with Gasteiger partial charge < -0.3 is 5.32 Å². The summed E-state index contributed by atoms with van der Waals surface area (Å²) in [6, 6.07) is 3.96. The van der Waals surface area contributed by atoms with Gasteiger partial charge in [-0.05, 0) is 12.1 Å². The molecule has 0 radical (unpaired) electrons. The largest absolute Gasteiger partial charge is 0.372 e. The fourth-order valence-electron chi connectivity index (χ4n) is 1.59. The van der Waals surface area contributed by atoms with Gasteiger partial charge in [-0.3, -0.25) is 0 Å². The number of thiophene rings is 1. The van der Waals surface area contributed by atoms with Crippen molar-refractivity contribution in [1.82, 2.24) is 15.0 Å². The highest BCUT2D eigenvalue weighted by atomic mass is 32.1. The van der Waals surface area contributed by atoms with Crippen molar-refractivity contribution in [3.8, 4) is 0 Å². The van der Waals surface area contributed by atoms with Crippen LogP contribution in [0.3, 0.4) is 0 Å². The van der Waals surface area contributed by atoms with Gasteiger partial charge in [-0.25, -0.2) is 15.0 Å². The molecule has 0 aliphatic carbocycles. The average Bonchev–Trinajstić information content (AvgIpc) is 2.67.